The Balaban J connectivity index is 1.88. The van der Waals surface area contributed by atoms with Crippen molar-refractivity contribution in [3.63, 3.8) is 0 Å². The molecule has 21 heavy (non-hydrogen) atoms. The lowest BCUT2D eigenvalue weighted by Gasteiger charge is -2.11. The van der Waals surface area contributed by atoms with E-state index in [2.05, 4.69) is 25.7 Å². The first-order valence-corrected chi connectivity index (χ1v) is 6.69. The van der Waals surface area contributed by atoms with Gasteiger partial charge in [0.15, 0.2) is 5.96 Å². The number of aromatic nitrogens is 3. The molecule has 0 spiro atoms. The molecular formula is C13H16ClFN6. The van der Waals surface area contributed by atoms with Crippen molar-refractivity contribution in [1.29, 1.82) is 0 Å². The summed E-state index contributed by atoms with van der Waals surface area (Å²) in [4.78, 5) is 8.21. The highest BCUT2D eigenvalue weighted by molar-refractivity contribution is 6.30. The van der Waals surface area contributed by atoms with Crippen LogP contribution in [0.5, 0.6) is 0 Å². The summed E-state index contributed by atoms with van der Waals surface area (Å²) in [5.74, 6) is 0.978. The fraction of sp³-hybridized carbons (Fsp3) is 0.308. The predicted molar refractivity (Wildman–Crippen MR) is 79.5 cm³/mol. The highest BCUT2D eigenvalue weighted by Crippen LogP contribution is 2.15. The molecule has 0 saturated heterocycles. The number of halogens is 2. The molecule has 0 aliphatic heterocycles. The molecule has 0 atom stereocenters. The van der Waals surface area contributed by atoms with Crippen LogP contribution >= 0.6 is 11.6 Å². The molecule has 0 aliphatic rings. The Morgan fingerprint density at radius 2 is 2.14 bits per heavy atom. The minimum Gasteiger partial charge on any atom is -0.352 e. The summed E-state index contributed by atoms with van der Waals surface area (Å²) in [5.41, 5.74) is 0.864. The molecule has 1 aromatic heterocycles. The summed E-state index contributed by atoms with van der Waals surface area (Å²) in [6, 6.07) is 4.60. The maximum absolute atomic E-state index is 13.1. The van der Waals surface area contributed by atoms with Crippen LogP contribution in [0.25, 0.3) is 0 Å². The van der Waals surface area contributed by atoms with E-state index in [0.717, 1.165) is 11.4 Å². The number of aryl methyl sites for hydroxylation is 1. The Kier molecular flexibility index (Phi) is 5.10. The summed E-state index contributed by atoms with van der Waals surface area (Å²) >= 11 is 5.74. The van der Waals surface area contributed by atoms with Crippen molar-refractivity contribution in [3.05, 3.63) is 46.8 Å². The number of aliphatic imine (C=N–C) groups is 1. The molecule has 0 unspecified atom stereocenters. The molecule has 0 saturated carbocycles. The second kappa shape index (κ2) is 7.03. The zero-order valence-electron chi connectivity index (χ0n) is 11.8. The first kappa shape index (κ1) is 15.2. The number of hydrogen-bond acceptors (Lipinski definition) is 3. The van der Waals surface area contributed by atoms with Gasteiger partial charge in [0.2, 0.25) is 0 Å². The van der Waals surface area contributed by atoms with Crippen molar-refractivity contribution < 1.29 is 4.39 Å². The number of nitrogens with one attached hydrogen (secondary N) is 2. The van der Waals surface area contributed by atoms with Crippen LogP contribution in [-0.2, 0) is 20.1 Å². The molecular weight excluding hydrogens is 295 g/mol. The zero-order chi connectivity index (χ0) is 15.2. The van der Waals surface area contributed by atoms with Crippen molar-refractivity contribution in [2.45, 2.75) is 13.1 Å². The molecule has 0 radical (unpaired) electrons. The summed E-state index contributed by atoms with van der Waals surface area (Å²) in [5, 5.41) is 10.3. The average molecular weight is 311 g/mol. The molecule has 8 heteroatoms. The molecule has 0 amide bonds. The number of hydrogen-bond donors (Lipinski definition) is 2. The Labute approximate surface area is 127 Å². The topological polar surface area (TPSA) is 67.1 Å². The van der Waals surface area contributed by atoms with Crippen molar-refractivity contribution in [2.24, 2.45) is 12.0 Å². The van der Waals surface area contributed by atoms with Gasteiger partial charge >= 0.3 is 0 Å². The van der Waals surface area contributed by atoms with Gasteiger partial charge in [0, 0.05) is 20.6 Å². The van der Waals surface area contributed by atoms with Gasteiger partial charge in [-0.3, -0.25) is 9.67 Å². The van der Waals surface area contributed by atoms with Crippen molar-refractivity contribution >= 4 is 17.6 Å². The molecule has 0 bridgehead atoms. The Morgan fingerprint density at radius 1 is 1.38 bits per heavy atom. The molecule has 0 aliphatic carbocycles. The number of nitrogens with zero attached hydrogens (tertiary/aromatic N) is 4. The first-order valence-electron chi connectivity index (χ1n) is 6.31. The third-order valence-corrected chi connectivity index (χ3v) is 3.18. The maximum atomic E-state index is 13.1. The monoisotopic (exact) mass is 310 g/mol. The lowest BCUT2D eigenvalue weighted by Crippen LogP contribution is -2.36. The van der Waals surface area contributed by atoms with Crippen molar-refractivity contribution in [3.8, 4) is 0 Å². The van der Waals surface area contributed by atoms with Gasteiger partial charge in [0.1, 0.15) is 18.0 Å². The predicted octanol–water partition coefficient (Wildman–Crippen LogP) is 1.47. The van der Waals surface area contributed by atoms with Crippen LogP contribution < -0.4 is 10.6 Å². The second-order valence-electron chi connectivity index (χ2n) is 4.33. The largest absolute Gasteiger partial charge is 0.352 e. The van der Waals surface area contributed by atoms with Crippen LogP contribution in [0.1, 0.15) is 11.4 Å². The number of benzene rings is 1. The molecule has 1 heterocycles. The number of guanidine groups is 1. The third kappa shape index (κ3) is 4.16. The van der Waals surface area contributed by atoms with Crippen LogP contribution in [0.2, 0.25) is 5.02 Å². The van der Waals surface area contributed by atoms with E-state index in [1.165, 1.54) is 12.4 Å². The van der Waals surface area contributed by atoms with E-state index in [4.69, 9.17) is 11.6 Å². The molecule has 6 nitrogen and oxygen atoms in total. The molecule has 2 aromatic rings. The lowest BCUT2D eigenvalue weighted by atomic mass is 10.2. The van der Waals surface area contributed by atoms with Gasteiger partial charge in [-0.2, -0.15) is 5.10 Å². The minimum absolute atomic E-state index is 0.108. The average Bonchev–Trinajstić information content (AvgIpc) is 2.88. The van der Waals surface area contributed by atoms with Gasteiger partial charge in [-0.15, -0.1) is 0 Å². The fourth-order valence-corrected chi connectivity index (χ4v) is 1.90. The van der Waals surface area contributed by atoms with Gasteiger partial charge in [-0.05, 0) is 17.7 Å². The van der Waals surface area contributed by atoms with Gasteiger partial charge in [0.05, 0.1) is 11.6 Å². The molecule has 0 fully saturated rings. The van der Waals surface area contributed by atoms with E-state index in [1.54, 1.807) is 23.9 Å². The highest BCUT2D eigenvalue weighted by Gasteiger charge is 2.04. The molecule has 2 rings (SSSR count). The summed E-state index contributed by atoms with van der Waals surface area (Å²) in [6.07, 6.45) is 1.49. The van der Waals surface area contributed by atoms with E-state index in [0.29, 0.717) is 19.0 Å². The normalized spacial score (nSPS) is 11.5. The maximum Gasteiger partial charge on any atom is 0.191 e. The second-order valence-corrected chi connectivity index (χ2v) is 4.73. The van der Waals surface area contributed by atoms with Crippen molar-refractivity contribution in [2.75, 3.05) is 7.05 Å². The van der Waals surface area contributed by atoms with E-state index in [1.807, 2.05) is 7.05 Å². The lowest BCUT2D eigenvalue weighted by molar-refractivity contribution is 0.627. The molecule has 2 N–H and O–H groups in total. The SMILES string of the molecule is CN=C(NCc1ccc(F)c(Cl)c1)NCc1ncnn1C. The van der Waals surface area contributed by atoms with E-state index in [-0.39, 0.29) is 5.02 Å². The quantitative estimate of drug-likeness (QED) is 0.663. The minimum atomic E-state index is -0.426. The Morgan fingerprint density at radius 3 is 2.76 bits per heavy atom. The van der Waals surface area contributed by atoms with Gasteiger partial charge < -0.3 is 10.6 Å². The van der Waals surface area contributed by atoms with Gasteiger partial charge in [0.25, 0.3) is 0 Å². The van der Waals surface area contributed by atoms with Crippen LogP contribution in [0.15, 0.2) is 29.5 Å². The first-order chi connectivity index (χ1) is 10.1. The van der Waals surface area contributed by atoms with E-state index >= 15 is 0 Å². The summed E-state index contributed by atoms with van der Waals surface area (Å²) < 4.78 is 14.8. The number of rotatable bonds is 4. The summed E-state index contributed by atoms with van der Waals surface area (Å²) in [6.45, 7) is 0.985. The van der Waals surface area contributed by atoms with E-state index < -0.39 is 5.82 Å². The van der Waals surface area contributed by atoms with E-state index in [9.17, 15) is 4.39 Å². The standard InChI is InChI=1S/C13H16ClFN6/c1-16-13(18-7-12-19-8-20-21(12)2)17-6-9-3-4-11(15)10(14)5-9/h3-5,8H,6-7H2,1-2H3,(H2,16,17,18). The third-order valence-electron chi connectivity index (χ3n) is 2.89. The van der Waals surface area contributed by atoms with Crippen LogP contribution in [0.4, 0.5) is 4.39 Å². The Hall–Kier alpha value is -2.15. The van der Waals surface area contributed by atoms with Crippen molar-refractivity contribution in [1.82, 2.24) is 25.4 Å². The fourth-order valence-electron chi connectivity index (χ4n) is 1.70. The zero-order valence-corrected chi connectivity index (χ0v) is 12.5. The van der Waals surface area contributed by atoms with Crippen LogP contribution in [0.3, 0.4) is 0 Å². The highest BCUT2D eigenvalue weighted by atomic mass is 35.5. The smallest absolute Gasteiger partial charge is 0.191 e. The molecule has 1 aromatic carbocycles. The van der Waals surface area contributed by atoms with Crippen LogP contribution in [0, 0.1) is 5.82 Å². The van der Waals surface area contributed by atoms with Gasteiger partial charge in [-0.25, -0.2) is 9.37 Å². The Bertz CT molecular complexity index is 639. The molecule has 112 valence electrons. The van der Waals surface area contributed by atoms with Crippen LogP contribution in [-0.4, -0.2) is 27.8 Å². The summed E-state index contributed by atoms with van der Waals surface area (Å²) in [7, 11) is 3.49. The van der Waals surface area contributed by atoms with Gasteiger partial charge in [-0.1, -0.05) is 17.7 Å².